The largest absolute Gasteiger partial charge is 0.481 e. The molecule has 0 spiro atoms. The minimum absolute atomic E-state index is 0.510. The van der Waals surface area contributed by atoms with E-state index in [9.17, 15) is 4.79 Å². The summed E-state index contributed by atoms with van der Waals surface area (Å²) in [4.78, 5) is 11.9. The van der Waals surface area contributed by atoms with Crippen molar-refractivity contribution in [3.63, 3.8) is 0 Å². The van der Waals surface area contributed by atoms with Crippen molar-refractivity contribution in [2.75, 3.05) is 11.5 Å². The van der Waals surface area contributed by atoms with Crippen LogP contribution in [0.3, 0.4) is 0 Å². The van der Waals surface area contributed by atoms with Crippen LogP contribution in [-0.4, -0.2) is 16.8 Å². The van der Waals surface area contributed by atoms with Gasteiger partial charge in [0, 0.05) is 16.3 Å². The van der Waals surface area contributed by atoms with Gasteiger partial charge in [-0.3, -0.25) is 4.79 Å². The second-order valence-electron chi connectivity index (χ2n) is 4.52. The highest BCUT2D eigenvalue weighted by molar-refractivity contribution is 7.99. The van der Waals surface area contributed by atoms with Gasteiger partial charge in [-0.1, -0.05) is 6.07 Å². The number of thioether (sulfide) groups is 1. The lowest BCUT2D eigenvalue weighted by Crippen LogP contribution is -2.26. The van der Waals surface area contributed by atoms with E-state index in [1.54, 1.807) is 13.8 Å². The maximum Gasteiger partial charge on any atom is 0.309 e. The van der Waals surface area contributed by atoms with Crippen LogP contribution >= 0.6 is 11.8 Å². The van der Waals surface area contributed by atoms with Gasteiger partial charge in [0.25, 0.3) is 0 Å². The summed E-state index contributed by atoms with van der Waals surface area (Å²) in [6.07, 6.45) is 0. The SMILES string of the molecule is Cc1ccc(N)c(SCC(C)(C)C(=O)O)c1. The van der Waals surface area contributed by atoms with E-state index in [1.807, 2.05) is 25.1 Å². The molecule has 4 heteroatoms. The van der Waals surface area contributed by atoms with E-state index in [0.717, 1.165) is 10.5 Å². The molecule has 3 N–H and O–H groups in total. The fraction of sp³-hybridized carbons (Fsp3) is 0.417. The lowest BCUT2D eigenvalue weighted by molar-refractivity contribution is -0.145. The average Bonchev–Trinajstić information content (AvgIpc) is 2.19. The summed E-state index contributed by atoms with van der Waals surface area (Å²) in [5, 5.41) is 9.00. The van der Waals surface area contributed by atoms with Crippen LogP contribution in [0, 0.1) is 12.3 Å². The molecule has 0 fully saturated rings. The topological polar surface area (TPSA) is 63.3 Å². The second-order valence-corrected chi connectivity index (χ2v) is 5.54. The summed E-state index contributed by atoms with van der Waals surface area (Å²) in [7, 11) is 0. The van der Waals surface area contributed by atoms with Crippen molar-refractivity contribution in [1.82, 2.24) is 0 Å². The van der Waals surface area contributed by atoms with E-state index in [2.05, 4.69) is 0 Å². The smallest absolute Gasteiger partial charge is 0.309 e. The van der Waals surface area contributed by atoms with E-state index in [0.29, 0.717) is 11.4 Å². The first kappa shape index (κ1) is 12.9. The van der Waals surface area contributed by atoms with Gasteiger partial charge >= 0.3 is 5.97 Å². The van der Waals surface area contributed by atoms with Crippen LogP contribution in [0.2, 0.25) is 0 Å². The Hall–Kier alpha value is -1.16. The number of nitrogens with two attached hydrogens (primary N) is 1. The van der Waals surface area contributed by atoms with E-state index >= 15 is 0 Å². The molecular formula is C12H17NO2S. The summed E-state index contributed by atoms with van der Waals surface area (Å²) >= 11 is 1.49. The molecule has 16 heavy (non-hydrogen) atoms. The lowest BCUT2D eigenvalue weighted by atomic mass is 9.97. The molecule has 0 radical (unpaired) electrons. The molecule has 1 aromatic rings. The van der Waals surface area contributed by atoms with Crippen molar-refractivity contribution in [2.45, 2.75) is 25.7 Å². The van der Waals surface area contributed by atoms with E-state index in [1.165, 1.54) is 11.8 Å². The van der Waals surface area contributed by atoms with Gasteiger partial charge < -0.3 is 10.8 Å². The first-order valence-electron chi connectivity index (χ1n) is 5.05. The Morgan fingerprint density at radius 1 is 1.50 bits per heavy atom. The van der Waals surface area contributed by atoms with E-state index in [-0.39, 0.29) is 0 Å². The van der Waals surface area contributed by atoms with Crippen molar-refractivity contribution >= 4 is 23.4 Å². The van der Waals surface area contributed by atoms with Crippen LogP contribution in [-0.2, 0) is 4.79 Å². The van der Waals surface area contributed by atoms with Crippen LogP contribution < -0.4 is 5.73 Å². The predicted octanol–water partition coefficient (Wildman–Crippen LogP) is 2.78. The normalized spacial score (nSPS) is 11.4. The number of carbonyl (C=O) groups is 1. The molecule has 1 rings (SSSR count). The molecule has 0 aliphatic carbocycles. The molecule has 0 saturated carbocycles. The second kappa shape index (κ2) is 4.78. The van der Waals surface area contributed by atoms with Crippen LogP contribution in [0.1, 0.15) is 19.4 Å². The molecule has 0 saturated heterocycles. The maximum absolute atomic E-state index is 10.9. The summed E-state index contributed by atoms with van der Waals surface area (Å²) in [6.45, 7) is 5.43. The zero-order valence-corrected chi connectivity index (χ0v) is 10.6. The van der Waals surface area contributed by atoms with Gasteiger partial charge in [-0.15, -0.1) is 11.8 Å². The van der Waals surface area contributed by atoms with Crippen molar-refractivity contribution in [2.24, 2.45) is 5.41 Å². The van der Waals surface area contributed by atoms with Gasteiger partial charge in [0.2, 0.25) is 0 Å². The first-order valence-corrected chi connectivity index (χ1v) is 6.04. The van der Waals surface area contributed by atoms with Gasteiger partial charge in [-0.2, -0.15) is 0 Å². The third-order valence-corrected chi connectivity index (χ3v) is 3.87. The Morgan fingerprint density at radius 2 is 2.12 bits per heavy atom. The average molecular weight is 239 g/mol. The van der Waals surface area contributed by atoms with Crippen LogP contribution in [0.25, 0.3) is 0 Å². The third-order valence-electron chi connectivity index (χ3n) is 2.34. The highest BCUT2D eigenvalue weighted by Crippen LogP contribution is 2.31. The molecular weight excluding hydrogens is 222 g/mol. The zero-order chi connectivity index (χ0) is 12.3. The maximum atomic E-state index is 10.9. The molecule has 0 aliphatic heterocycles. The van der Waals surface area contributed by atoms with Gasteiger partial charge in [0.05, 0.1) is 5.41 Å². The summed E-state index contributed by atoms with van der Waals surface area (Å²) in [6, 6.07) is 5.78. The minimum atomic E-state index is -0.786. The number of hydrogen-bond acceptors (Lipinski definition) is 3. The van der Waals surface area contributed by atoms with E-state index < -0.39 is 11.4 Å². The van der Waals surface area contributed by atoms with Gasteiger partial charge in [0.1, 0.15) is 0 Å². The number of carboxylic acid groups (broad SMARTS) is 1. The van der Waals surface area contributed by atoms with E-state index in [4.69, 9.17) is 10.8 Å². The molecule has 0 aromatic heterocycles. The van der Waals surface area contributed by atoms with Crippen LogP contribution in [0.5, 0.6) is 0 Å². The summed E-state index contributed by atoms with van der Waals surface area (Å²) in [5.41, 5.74) is 6.93. The van der Waals surface area contributed by atoms with Crippen molar-refractivity contribution in [3.8, 4) is 0 Å². The third kappa shape index (κ3) is 3.17. The highest BCUT2D eigenvalue weighted by atomic mass is 32.2. The summed E-state index contributed by atoms with van der Waals surface area (Å²) in [5.74, 6) is -0.276. The standard InChI is InChI=1S/C12H17NO2S/c1-8-4-5-9(13)10(6-8)16-7-12(2,3)11(14)15/h4-6H,7,13H2,1-3H3,(H,14,15). The molecule has 0 unspecified atom stereocenters. The number of aliphatic carboxylic acids is 1. The highest BCUT2D eigenvalue weighted by Gasteiger charge is 2.27. The molecule has 88 valence electrons. The summed E-state index contributed by atoms with van der Waals surface area (Å²) < 4.78 is 0. The molecule has 3 nitrogen and oxygen atoms in total. The molecule has 0 amide bonds. The Balaban J connectivity index is 2.75. The number of carboxylic acids is 1. The fourth-order valence-corrected chi connectivity index (χ4v) is 2.23. The number of rotatable bonds is 4. The van der Waals surface area contributed by atoms with Crippen molar-refractivity contribution in [1.29, 1.82) is 0 Å². The van der Waals surface area contributed by atoms with Gasteiger partial charge in [0.15, 0.2) is 0 Å². The number of benzene rings is 1. The number of hydrogen-bond donors (Lipinski definition) is 2. The van der Waals surface area contributed by atoms with Gasteiger partial charge in [-0.05, 0) is 38.5 Å². The Kier molecular flexibility index (Phi) is 3.86. The molecule has 0 aliphatic rings. The quantitative estimate of drug-likeness (QED) is 0.626. The molecule has 0 bridgehead atoms. The Morgan fingerprint density at radius 3 is 2.69 bits per heavy atom. The molecule has 1 aromatic carbocycles. The monoisotopic (exact) mass is 239 g/mol. The Bertz CT molecular complexity index is 402. The van der Waals surface area contributed by atoms with Crippen LogP contribution in [0.15, 0.2) is 23.1 Å². The lowest BCUT2D eigenvalue weighted by Gasteiger charge is -2.18. The number of aryl methyl sites for hydroxylation is 1. The van der Waals surface area contributed by atoms with Gasteiger partial charge in [-0.25, -0.2) is 0 Å². The van der Waals surface area contributed by atoms with Crippen molar-refractivity contribution in [3.05, 3.63) is 23.8 Å². The molecule has 0 atom stereocenters. The number of nitrogen functional groups attached to an aromatic ring is 1. The minimum Gasteiger partial charge on any atom is -0.481 e. The van der Waals surface area contributed by atoms with Crippen molar-refractivity contribution < 1.29 is 9.90 Å². The number of anilines is 1. The Labute approximate surface area is 100 Å². The zero-order valence-electron chi connectivity index (χ0n) is 9.78. The predicted molar refractivity (Wildman–Crippen MR) is 67.7 cm³/mol. The molecule has 0 heterocycles. The van der Waals surface area contributed by atoms with Crippen LogP contribution in [0.4, 0.5) is 5.69 Å². The first-order chi connectivity index (χ1) is 7.33. The fourth-order valence-electron chi connectivity index (χ4n) is 1.09.